The second-order valence-electron chi connectivity index (χ2n) is 5.78. The average molecular weight is 363 g/mol. The molecule has 1 aromatic heterocycles. The van der Waals surface area contributed by atoms with Crippen molar-refractivity contribution in [1.82, 2.24) is 10.3 Å². The summed E-state index contributed by atoms with van der Waals surface area (Å²) in [7, 11) is 3.20. The lowest BCUT2D eigenvalue weighted by Gasteiger charge is -2.16. The summed E-state index contributed by atoms with van der Waals surface area (Å²) in [5.74, 6) is 0.731. The molecule has 0 radical (unpaired) electrons. The van der Waals surface area contributed by atoms with Crippen LogP contribution in [0.4, 0.5) is 0 Å². The third-order valence-corrected chi connectivity index (χ3v) is 5.34. The first-order valence-electron chi connectivity index (χ1n) is 8.12. The number of amides is 1. The van der Waals surface area contributed by atoms with Crippen LogP contribution in [0.15, 0.2) is 24.3 Å². The van der Waals surface area contributed by atoms with Gasteiger partial charge in [0, 0.05) is 19.2 Å². The van der Waals surface area contributed by atoms with E-state index >= 15 is 0 Å². The van der Waals surface area contributed by atoms with Crippen molar-refractivity contribution < 1.29 is 14.3 Å². The Hall–Kier alpha value is -1.96. The zero-order valence-corrected chi connectivity index (χ0v) is 15.9. The van der Waals surface area contributed by atoms with E-state index in [2.05, 4.69) is 10.3 Å². The number of aryl methyl sites for hydroxylation is 1. The maximum absolute atomic E-state index is 12.1. The van der Waals surface area contributed by atoms with Gasteiger partial charge >= 0.3 is 0 Å². The SMILES string of the molecule is COc1ccc(-c2nc(C)c(C(C)NC(=O)CC(CN)OC)s2)cc1. The van der Waals surface area contributed by atoms with Gasteiger partial charge in [-0.3, -0.25) is 4.79 Å². The van der Waals surface area contributed by atoms with Gasteiger partial charge in [-0.15, -0.1) is 11.3 Å². The quantitative estimate of drug-likeness (QED) is 0.753. The van der Waals surface area contributed by atoms with Crippen LogP contribution in [-0.2, 0) is 9.53 Å². The Kier molecular flexibility index (Phi) is 6.92. The molecule has 1 heterocycles. The molecule has 0 aliphatic carbocycles. The third kappa shape index (κ3) is 5.01. The number of methoxy groups -OCH3 is 2. The highest BCUT2D eigenvalue weighted by molar-refractivity contribution is 7.15. The summed E-state index contributed by atoms with van der Waals surface area (Å²) in [6.45, 7) is 4.24. The van der Waals surface area contributed by atoms with Crippen molar-refractivity contribution in [3.63, 3.8) is 0 Å². The van der Waals surface area contributed by atoms with Gasteiger partial charge in [0.25, 0.3) is 0 Å². The molecule has 3 N–H and O–H groups in total. The lowest BCUT2D eigenvalue weighted by Crippen LogP contribution is -2.33. The van der Waals surface area contributed by atoms with Gasteiger partial charge in [0.05, 0.1) is 36.2 Å². The van der Waals surface area contributed by atoms with Crippen molar-refractivity contribution in [2.24, 2.45) is 5.73 Å². The van der Waals surface area contributed by atoms with Crippen LogP contribution in [0.3, 0.4) is 0 Å². The van der Waals surface area contributed by atoms with Crippen LogP contribution in [0.5, 0.6) is 5.75 Å². The fraction of sp³-hybridized carbons (Fsp3) is 0.444. The van der Waals surface area contributed by atoms with E-state index in [1.165, 1.54) is 0 Å². The predicted octanol–water partition coefficient (Wildman–Crippen LogP) is 2.67. The maximum Gasteiger partial charge on any atom is 0.223 e. The van der Waals surface area contributed by atoms with E-state index < -0.39 is 0 Å². The van der Waals surface area contributed by atoms with Gasteiger partial charge < -0.3 is 20.5 Å². The first-order valence-corrected chi connectivity index (χ1v) is 8.94. The van der Waals surface area contributed by atoms with Gasteiger partial charge in [0.2, 0.25) is 5.91 Å². The molecule has 0 fully saturated rings. The van der Waals surface area contributed by atoms with Gasteiger partial charge in [-0.1, -0.05) is 0 Å². The Balaban J connectivity index is 2.09. The van der Waals surface area contributed by atoms with Crippen molar-refractivity contribution in [2.45, 2.75) is 32.4 Å². The summed E-state index contributed by atoms with van der Waals surface area (Å²) in [6, 6.07) is 7.67. The molecule has 2 unspecified atom stereocenters. The minimum atomic E-state index is -0.260. The van der Waals surface area contributed by atoms with E-state index in [0.717, 1.165) is 26.9 Å². The topological polar surface area (TPSA) is 86.5 Å². The first kappa shape index (κ1) is 19.4. The Bertz CT molecular complexity index is 696. The molecule has 0 saturated carbocycles. The normalized spacial score (nSPS) is 13.3. The van der Waals surface area contributed by atoms with Crippen molar-refractivity contribution in [2.75, 3.05) is 20.8 Å². The molecule has 0 aliphatic heterocycles. The minimum absolute atomic E-state index is 0.0800. The average Bonchev–Trinajstić information content (AvgIpc) is 3.01. The highest BCUT2D eigenvalue weighted by Gasteiger charge is 2.19. The molecule has 0 bridgehead atoms. The van der Waals surface area contributed by atoms with E-state index in [0.29, 0.717) is 6.54 Å². The number of hydrogen-bond acceptors (Lipinski definition) is 6. The molecule has 2 aromatic rings. The van der Waals surface area contributed by atoms with Crippen molar-refractivity contribution >= 4 is 17.2 Å². The molecule has 0 saturated heterocycles. The molecule has 7 heteroatoms. The standard InChI is InChI=1S/C18H25N3O3S/c1-11(20-16(22)9-15(10-19)24-4)17-12(2)21-18(25-17)13-5-7-14(23-3)8-6-13/h5-8,11,15H,9-10,19H2,1-4H3,(H,20,22). The zero-order chi connectivity index (χ0) is 18.4. The molecule has 6 nitrogen and oxygen atoms in total. The van der Waals surface area contributed by atoms with Gasteiger partial charge in [0.15, 0.2) is 0 Å². The van der Waals surface area contributed by atoms with Crippen LogP contribution in [-0.4, -0.2) is 37.8 Å². The lowest BCUT2D eigenvalue weighted by molar-refractivity contribution is -0.124. The van der Waals surface area contributed by atoms with E-state index in [1.807, 2.05) is 38.1 Å². The van der Waals surface area contributed by atoms with Gasteiger partial charge in [-0.25, -0.2) is 4.98 Å². The number of carbonyl (C=O) groups is 1. The lowest BCUT2D eigenvalue weighted by atomic mass is 10.2. The largest absolute Gasteiger partial charge is 0.497 e. The molecule has 136 valence electrons. The van der Waals surface area contributed by atoms with Gasteiger partial charge in [-0.2, -0.15) is 0 Å². The summed E-state index contributed by atoms with van der Waals surface area (Å²) in [5, 5.41) is 3.92. The number of carbonyl (C=O) groups excluding carboxylic acids is 1. The van der Waals surface area contributed by atoms with E-state index in [-0.39, 0.29) is 24.5 Å². The molecule has 0 aliphatic rings. The third-order valence-electron chi connectivity index (χ3n) is 3.95. The second kappa shape index (κ2) is 8.94. The summed E-state index contributed by atoms with van der Waals surface area (Å²) >= 11 is 1.58. The zero-order valence-electron chi connectivity index (χ0n) is 15.0. The van der Waals surface area contributed by atoms with Gasteiger partial charge in [0.1, 0.15) is 10.8 Å². The Morgan fingerprint density at radius 1 is 1.32 bits per heavy atom. The van der Waals surface area contributed by atoms with Crippen LogP contribution in [0.2, 0.25) is 0 Å². The van der Waals surface area contributed by atoms with Crippen LogP contribution in [0, 0.1) is 6.92 Å². The highest BCUT2D eigenvalue weighted by Crippen LogP contribution is 2.32. The minimum Gasteiger partial charge on any atom is -0.497 e. The fourth-order valence-corrected chi connectivity index (χ4v) is 3.58. The number of nitrogens with zero attached hydrogens (tertiary/aromatic N) is 1. The molecule has 1 aromatic carbocycles. The molecule has 2 atom stereocenters. The smallest absolute Gasteiger partial charge is 0.223 e. The number of nitrogens with two attached hydrogens (primary N) is 1. The number of hydrogen-bond donors (Lipinski definition) is 2. The van der Waals surface area contributed by atoms with E-state index in [4.69, 9.17) is 15.2 Å². The van der Waals surface area contributed by atoms with Crippen molar-refractivity contribution in [3.05, 3.63) is 34.8 Å². The summed E-state index contributed by atoms with van der Waals surface area (Å²) in [5.41, 5.74) is 7.52. The fourth-order valence-electron chi connectivity index (χ4n) is 2.50. The second-order valence-corrected chi connectivity index (χ2v) is 6.81. The summed E-state index contributed by atoms with van der Waals surface area (Å²) in [6.07, 6.45) is -0.00909. The Morgan fingerprint density at radius 3 is 2.56 bits per heavy atom. The first-order chi connectivity index (χ1) is 12.0. The number of rotatable bonds is 8. The highest BCUT2D eigenvalue weighted by atomic mass is 32.1. The Morgan fingerprint density at radius 2 is 2.00 bits per heavy atom. The van der Waals surface area contributed by atoms with Crippen molar-refractivity contribution in [3.8, 4) is 16.3 Å². The summed E-state index contributed by atoms with van der Waals surface area (Å²) in [4.78, 5) is 17.8. The molecule has 25 heavy (non-hydrogen) atoms. The maximum atomic E-state index is 12.1. The molecule has 0 spiro atoms. The van der Waals surface area contributed by atoms with Gasteiger partial charge in [-0.05, 0) is 38.1 Å². The molecular weight excluding hydrogens is 338 g/mol. The molecular formula is C18H25N3O3S. The predicted molar refractivity (Wildman–Crippen MR) is 99.9 cm³/mol. The number of nitrogens with one attached hydrogen (secondary N) is 1. The number of ether oxygens (including phenoxy) is 2. The number of aromatic nitrogens is 1. The van der Waals surface area contributed by atoms with Crippen molar-refractivity contribution in [1.29, 1.82) is 0 Å². The van der Waals surface area contributed by atoms with E-state index in [9.17, 15) is 4.79 Å². The van der Waals surface area contributed by atoms with Crippen LogP contribution in [0.1, 0.15) is 30.0 Å². The van der Waals surface area contributed by atoms with Crippen LogP contribution in [0.25, 0.3) is 10.6 Å². The van der Waals surface area contributed by atoms with Crippen LogP contribution < -0.4 is 15.8 Å². The number of thiazole rings is 1. The Labute approximate surface area is 152 Å². The molecule has 2 rings (SSSR count). The number of benzene rings is 1. The van der Waals surface area contributed by atoms with E-state index in [1.54, 1.807) is 25.6 Å². The monoisotopic (exact) mass is 363 g/mol. The summed E-state index contributed by atoms with van der Waals surface area (Å²) < 4.78 is 10.3. The molecule has 1 amide bonds. The van der Waals surface area contributed by atoms with Crippen LogP contribution >= 0.6 is 11.3 Å².